The number of hydrogen-bond acceptors (Lipinski definition) is 9. The van der Waals surface area contributed by atoms with E-state index in [1.54, 1.807) is 68.4 Å². The number of para-hydroxylation sites is 1. The van der Waals surface area contributed by atoms with Gasteiger partial charge in [-0.1, -0.05) is 36.4 Å². The van der Waals surface area contributed by atoms with Crippen LogP contribution in [0.2, 0.25) is 0 Å². The van der Waals surface area contributed by atoms with Crippen molar-refractivity contribution < 1.29 is 28.5 Å². The van der Waals surface area contributed by atoms with Crippen molar-refractivity contribution in [3.8, 4) is 23.3 Å². The molecule has 3 aromatic carbocycles. The van der Waals surface area contributed by atoms with Crippen LogP contribution in [-0.4, -0.2) is 43.0 Å². The van der Waals surface area contributed by atoms with Gasteiger partial charge in [-0.2, -0.15) is 10.4 Å². The van der Waals surface area contributed by atoms with E-state index in [0.29, 0.717) is 56.9 Å². The summed E-state index contributed by atoms with van der Waals surface area (Å²) in [6.45, 7) is 5.84. The Hall–Kier alpha value is -5.41. The number of allylic oxidation sites excluding steroid dienone is 1. The maximum Gasteiger partial charge on any atom is 0.338 e. The molecule has 1 atom stereocenters. The molecule has 1 aliphatic rings. The summed E-state index contributed by atoms with van der Waals surface area (Å²) in [4.78, 5) is 25.4. The highest BCUT2D eigenvalue weighted by atomic mass is 32.1. The fourth-order valence-electron chi connectivity index (χ4n) is 4.51. The molecule has 1 heterocycles. The maximum atomic E-state index is 12.8. The molecule has 0 fully saturated rings. The number of hydrazone groups is 1. The van der Waals surface area contributed by atoms with Crippen LogP contribution in [0.3, 0.4) is 0 Å². The van der Waals surface area contributed by atoms with Crippen LogP contribution in [-0.2, 0) is 20.9 Å². The Morgan fingerprint density at radius 2 is 1.78 bits per heavy atom. The van der Waals surface area contributed by atoms with Crippen LogP contribution in [0.4, 0.5) is 0 Å². The second kappa shape index (κ2) is 15.9. The highest BCUT2D eigenvalue weighted by molar-refractivity contribution is 7.80. The van der Waals surface area contributed by atoms with Crippen LogP contribution >= 0.6 is 12.2 Å². The van der Waals surface area contributed by atoms with E-state index >= 15 is 0 Å². The van der Waals surface area contributed by atoms with E-state index in [4.69, 9.17) is 31.2 Å². The van der Waals surface area contributed by atoms with E-state index in [1.165, 1.54) is 6.21 Å². The highest BCUT2D eigenvalue weighted by Gasteiger charge is 2.32. The van der Waals surface area contributed by atoms with E-state index in [9.17, 15) is 14.9 Å². The fraction of sp³-hybridized carbons (Fsp3) is 0.242. The lowest BCUT2D eigenvalue weighted by Crippen LogP contribution is -2.45. The first-order chi connectivity index (χ1) is 21.8. The maximum absolute atomic E-state index is 12.8. The molecule has 232 valence electrons. The molecule has 0 spiro atoms. The predicted molar refractivity (Wildman–Crippen MR) is 172 cm³/mol. The van der Waals surface area contributed by atoms with Gasteiger partial charge >= 0.3 is 5.97 Å². The van der Waals surface area contributed by atoms with Gasteiger partial charge in [-0.05, 0) is 68.9 Å². The minimum absolute atomic E-state index is 0.205. The normalized spacial score (nSPS) is 14.2. The number of nitrogens with one attached hydrogen (secondary N) is 3. The van der Waals surface area contributed by atoms with Crippen molar-refractivity contribution in [3.63, 3.8) is 0 Å². The number of carbonyl (C=O) groups excluding carboxylic acids is 2. The Labute approximate surface area is 266 Å². The number of hydrogen-bond donors (Lipinski definition) is 3. The van der Waals surface area contributed by atoms with Gasteiger partial charge in [0.05, 0.1) is 42.7 Å². The summed E-state index contributed by atoms with van der Waals surface area (Å²) in [5.41, 5.74) is 5.98. The number of nitrogens with zero attached hydrogens (tertiary/aromatic N) is 2. The van der Waals surface area contributed by atoms with E-state index in [0.717, 1.165) is 5.56 Å². The molecule has 45 heavy (non-hydrogen) atoms. The number of benzene rings is 3. The minimum atomic E-state index is -0.636. The Morgan fingerprint density at radius 1 is 1.00 bits per heavy atom. The quantitative estimate of drug-likeness (QED) is 0.108. The van der Waals surface area contributed by atoms with E-state index < -0.39 is 17.9 Å². The minimum Gasteiger partial charge on any atom is -0.490 e. The highest BCUT2D eigenvalue weighted by Crippen LogP contribution is 2.34. The standard InChI is InChI=1S/C33H33N5O6S/c1-4-41-28-16-22(14-15-27(28)43-19-24-11-7-6-10-23(24)17-34)18-35-38-29(39)20-44-26-13-9-8-12-25(26)31-30(32(40)42-5-2)21(3)36-33(45)37-31/h6-16,18,31H,4-5,19-20H2,1-3H3,(H,38,39)(H2,36,37,45)/t31-/m1/s1. The molecule has 0 unspecified atom stereocenters. The zero-order valence-corrected chi connectivity index (χ0v) is 25.9. The molecular weight excluding hydrogens is 594 g/mol. The molecule has 4 rings (SSSR count). The van der Waals surface area contributed by atoms with Gasteiger partial charge in [-0.3, -0.25) is 4.79 Å². The lowest BCUT2D eigenvalue weighted by atomic mass is 9.95. The topological polar surface area (TPSA) is 143 Å². The lowest BCUT2D eigenvalue weighted by Gasteiger charge is -2.30. The molecular formula is C33H33N5O6S. The van der Waals surface area contributed by atoms with Crippen molar-refractivity contribution in [2.75, 3.05) is 19.8 Å². The van der Waals surface area contributed by atoms with Crippen molar-refractivity contribution in [1.82, 2.24) is 16.1 Å². The largest absolute Gasteiger partial charge is 0.490 e. The van der Waals surface area contributed by atoms with Crippen molar-refractivity contribution in [2.45, 2.75) is 33.4 Å². The zero-order valence-electron chi connectivity index (χ0n) is 25.1. The molecule has 3 aromatic rings. The first kappa shape index (κ1) is 32.5. The van der Waals surface area contributed by atoms with Gasteiger partial charge < -0.3 is 29.6 Å². The van der Waals surface area contributed by atoms with Crippen molar-refractivity contribution in [2.24, 2.45) is 5.10 Å². The van der Waals surface area contributed by atoms with Crippen LogP contribution in [0, 0.1) is 11.3 Å². The molecule has 0 saturated carbocycles. The Morgan fingerprint density at radius 3 is 2.56 bits per heavy atom. The van der Waals surface area contributed by atoms with Gasteiger partial charge in [0, 0.05) is 16.8 Å². The predicted octanol–water partition coefficient (Wildman–Crippen LogP) is 4.42. The Bertz CT molecular complexity index is 1670. The number of rotatable bonds is 13. The van der Waals surface area contributed by atoms with Gasteiger partial charge in [-0.15, -0.1) is 0 Å². The summed E-state index contributed by atoms with van der Waals surface area (Å²) in [7, 11) is 0. The molecule has 11 nitrogen and oxygen atoms in total. The molecule has 0 bridgehead atoms. The van der Waals surface area contributed by atoms with E-state index in [1.807, 2.05) is 19.1 Å². The fourth-order valence-corrected chi connectivity index (χ4v) is 4.79. The van der Waals surface area contributed by atoms with Crippen LogP contribution in [0.25, 0.3) is 0 Å². The summed E-state index contributed by atoms with van der Waals surface area (Å²) >= 11 is 5.32. The van der Waals surface area contributed by atoms with Gasteiger partial charge in [0.1, 0.15) is 12.4 Å². The van der Waals surface area contributed by atoms with Crippen LogP contribution in [0.5, 0.6) is 17.2 Å². The number of amides is 1. The van der Waals surface area contributed by atoms with Crippen molar-refractivity contribution >= 4 is 35.4 Å². The molecule has 1 aliphatic heterocycles. The first-order valence-corrected chi connectivity index (χ1v) is 14.6. The Balaban J connectivity index is 1.39. The molecule has 0 aromatic heterocycles. The molecule has 0 radical (unpaired) electrons. The molecule has 1 amide bonds. The summed E-state index contributed by atoms with van der Waals surface area (Å²) in [6.07, 6.45) is 1.47. The van der Waals surface area contributed by atoms with E-state index in [2.05, 4.69) is 27.2 Å². The van der Waals surface area contributed by atoms with Gasteiger partial charge in [0.15, 0.2) is 23.2 Å². The number of thiocarbonyl (C=S) groups is 1. The van der Waals surface area contributed by atoms with E-state index in [-0.39, 0.29) is 19.8 Å². The van der Waals surface area contributed by atoms with Gasteiger partial charge in [-0.25, -0.2) is 10.2 Å². The summed E-state index contributed by atoms with van der Waals surface area (Å²) < 4.78 is 22.8. The van der Waals surface area contributed by atoms with Gasteiger partial charge in [0.2, 0.25) is 0 Å². The smallest absolute Gasteiger partial charge is 0.338 e. The van der Waals surface area contributed by atoms with Crippen molar-refractivity contribution in [3.05, 3.63) is 100 Å². The average Bonchev–Trinajstić information content (AvgIpc) is 3.03. The average molecular weight is 628 g/mol. The monoisotopic (exact) mass is 627 g/mol. The third-order valence-electron chi connectivity index (χ3n) is 6.54. The number of nitriles is 1. The van der Waals surface area contributed by atoms with Crippen molar-refractivity contribution in [1.29, 1.82) is 5.26 Å². The summed E-state index contributed by atoms with van der Waals surface area (Å²) in [5, 5.41) is 19.8. The Kier molecular flexibility index (Phi) is 11.5. The number of esters is 1. The van der Waals surface area contributed by atoms with Crippen LogP contribution in [0.15, 0.2) is 83.1 Å². The van der Waals surface area contributed by atoms with Gasteiger partial charge in [0.25, 0.3) is 5.91 Å². The zero-order chi connectivity index (χ0) is 32.2. The number of carbonyl (C=O) groups is 2. The van der Waals surface area contributed by atoms with Crippen LogP contribution < -0.4 is 30.3 Å². The number of ether oxygens (including phenoxy) is 4. The molecule has 0 saturated heterocycles. The third kappa shape index (κ3) is 8.58. The molecule has 3 N–H and O–H groups in total. The summed E-state index contributed by atoms with van der Waals surface area (Å²) in [5.74, 6) is 0.425. The third-order valence-corrected chi connectivity index (χ3v) is 6.76. The second-order valence-corrected chi connectivity index (χ2v) is 10.0. The SMILES string of the molecule is CCOC(=O)C1=C(C)NC(=S)N[C@@H]1c1ccccc1OCC(=O)NN=Cc1ccc(OCc2ccccc2C#N)c(OCC)c1. The van der Waals surface area contributed by atoms with Crippen LogP contribution in [0.1, 0.15) is 49.1 Å². The lowest BCUT2D eigenvalue weighted by molar-refractivity contribution is -0.139. The summed E-state index contributed by atoms with van der Waals surface area (Å²) in [6, 6.07) is 21.1. The second-order valence-electron chi connectivity index (χ2n) is 9.61. The first-order valence-electron chi connectivity index (χ1n) is 14.2. The molecule has 12 heteroatoms. The molecule has 0 aliphatic carbocycles.